The van der Waals surface area contributed by atoms with E-state index >= 15 is 0 Å². The minimum atomic E-state index is -3.93. The number of halogens is 3. The van der Waals surface area contributed by atoms with Gasteiger partial charge in [0.1, 0.15) is 12.6 Å². The predicted molar refractivity (Wildman–Crippen MR) is 149 cm³/mol. The summed E-state index contributed by atoms with van der Waals surface area (Å²) in [6, 6.07) is 19.5. The van der Waals surface area contributed by atoms with Gasteiger partial charge in [0.2, 0.25) is 21.8 Å². The molecule has 3 aromatic carbocycles. The van der Waals surface area contributed by atoms with E-state index in [1.165, 1.54) is 30.1 Å². The Morgan fingerprint density at radius 2 is 1.51 bits per heavy atom. The molecular formula is C26H26Cl3N3O4S. The summed E-state index contributed by atoms with van der Waals surface area (Å²) in [7, 11) is -2.45. The van der Waals surface area contributed by atoms with Gasteiger partial charge in [0.05, 0.1) is 11.9 Å². The maximum atomic E-state index is 13.8. The molecule has 0 aromatic heterocycles. The molecular weight excluding hydrogens is 557 g/mol. The Kier molecular flexibility index (Phi) is 9.84. The molecule has 37 heavy (non-hydrogen) atoms. The van der Waals surface area contributed by atoms with Crippen molar-refractivity contribution in [2.75, 3.05) is 24.2 Å². The van der Waals surface area contributed by atoms with Crippen LogP contribution in [0.15, 0.2) is 72.8 Å². The molecule has 3 rings (SSSR count). The van der Waals surface area contributed by atoms with Crippen molar-refractivity contribution in [1.29, 1.82) is 0 Å². The van der Waals surface area contributed by atoms with Gasteiger partial charge in [-0.1, -0.05) is 83.3 Å². The number of amides is 2. The van der Waals surface area contributed by atoms with E-state index in [1.807, 2.05) is 30.3 Å². The van der Waals surface area contributed by atoms with E-state index in [1.54, 1.807) is 24.3 Å². The molecule has 0 unspecified atom stereocenters. The number of hydrogen-bond donors (Lipinski definition) is 1. The number of nitrogens with one attached hydrogen (secondary N) is 1. The minimum absolute atomic E-state index is 0.0165. The topological polar surface area (TPSA) is 86.8 Å². The molecule has 0 spiro atoms. The number of nitrogens with zero attached hydrogens (tertiary/aromatic N) is 2. The fourth-order valence-corrected chi connectivity index (χ4v) is 5.37. The molecule has 2 amide bonds. The molecule has 1 atom stereocenters. The van der Waals surface area contributed by atoms with Gasteiger partial charge >= 0.3 is 0 Å². The zero-order chi connectivity index (χ0) is 27.2. The van der Waals surface area contributed by atoms with E-state index in [0.717, 1.165) is 16.1 Å². The highest BCUT2D eigenvalue weighted by molar-refractivity contribution is 7.92. The van der Waals surface area contributed by atoms with Gasteiger partial charge in [0.25, 0.3) is 0 Å². The summed E-state index contributed by atoms with van der Waals surface area (Å²) in [5.41, 5.74) is 1.57. The fourth-order valence-electron chi connectivity index (χ4n) is 3.83. The molecule has 0 saturated heterocycles. The monoisotopic (exact) mass is 581 g/mol. The van der Waals surface area contributed by atoms with Crippen molar-refractivity contribution in [3.05, 3.63) is 99.0 Å². The Morgan fingerprint density at radius 3 is 2.08 bits per heavy atom. The summed E-state index contributed by atoms with van der Waals surface area (Å²) in [5.74, 6) is -1.01. The van der Waals surface area contributed by atoms with Crippen molar-refractivity contribution in [3.63, 3.8) is 0 Å². The van der Waals surface area contributed by atoms with Crippen LogP contribution in [0.3, 0.4) is 0 Å². The largest absolute Gasteiger partial charge is 0.357 e. The highest BCUT2D eigenvalue weighted by atomic mass is 35.5. The van der Waals surface area contributed by atoms with E-state index in [-0.39, 0.29) is 28.7 Å². The van der Waals surface area contributed by atoms with Crippen LogP contribution in [0.25, 0.3) is 0 Å². The zero-order valence-electron chi connectivity index (χ0n) is 20.2. The molecule has 3 aromatic rings. The van der Waals surface area contributed by atoms with Crippen molar-refractivity contribution in [1.82, 2.24) is 10.2 Å². The molecule has 0 radical (unpaired) electrons. The first kappa shape index (κ1) is 28.8. The van der Waals surface area contributed by atoms with Gasteiger partial charge in [0.15, 0.2) is 0 Å². The molecule has 0 aliphatic carbocycles. The van der Waals surface area contributed by atoms with E-state index in [0.29, 0.717) is 10.6 Å². The molecule has 11 heteroatoms. The second-order valence-corrected chi connectivity index (χ2v) is 11.5. The van der Waals surface area contributed by atoms with E-state index < -0.39 is 34.4 Å². The van der Waals surface area contributed by atoms with Crippen LogP contribution in [0.2, 0.25) is 15.1 Å². The first-order chi connectivity index (χ1) is 17.5. The molecule has 0 fully saturated rings. The quantitative estimate of drug-likeness (QED) is 0.372. The number of sulfonamides is 1. The van der Waals surface area contributed by atoms with Crippen LogP contribution in [0, 0.1) is 0 Å². The predicted octanol–water partition coefficient (Wildman–Crippen LogP) is 4.80. The number of carbonyl (C=O) groups is 2. The Labute approximate surface area is 232 Å². The summed E-state index contributed by atoms with van der Waals surface area (Å²) in [6.45, 7) is -0.598. The van der Waals surface area contributed by atoms with Crippen LogP contribution in [-0.2, 0) is 32.6 Å². The second kappa shape index (κ2) is 12.6. The Bertz CT molecular complexity index is 1350. The zero-order valence-corrected chi connectivity index (χ0v) is 23.3. The van der Waals surface area contributed by atoms with Gasteiger partial charge in [-0.05, 0) is 35.4 Å². The molecule has 0 heterocycles. The van der Waals surface area contributed by atoms with E-state index in [4.69, 9.17) is 34.8 Å². The van der Waals surface area contributed by atoms with Crippen LogP contribution in [0.4, 0.5) is 5.69 Å². The summed E-state index contributed by atoms with van der Waals surface area (Å²) < 4.78 is 26.4. The lowest BCUT2D eigenvalue weighted by atomic mass is 10.0. The lowest BCUT2D eigenvalue weighted by Gasteiger charge is -2.33. The summed E-state index contributed by atoms with van der Waals surface area (Å²) in [6.07, 6.45) is 1.19. The van der Waals surface area contributed by atoms with Gasteiger partial charge < -0.3 is 10.2 Å². The number of benzene rings is 3. The molecule has 1 N–H and O–H groups in total. The first-order valence-electron chi connectivity index (χ1n) is 11.2. The van der Waals surface area contributed by atoms with Crippen LogP contribution in [0.5, 0.6) is 0 Å². The molecule has 0 bridgehead atoms. The number of anilines is 1. The fraction of sp³-hybridized carbons (Fsp3) is 0.231. The van der Waals surface area contributed by atoms with Crippen molar-refractivity contribution < 1.29 is 18.0 Å². The van der Waals surface area contributed by atoms with Crippen molar-refractivity contribution in [2.45, 2.75) is 19.0 Å². The van der Waals surface area contributed by atoms with E-state index in [2.05, 4.69) is 5.32 Å². The van der Waals surface area contributed by atoms with E-state index in [9.17, 15) is 18.0 Å². The lowest BCUT2D eigenvalue weighted by Crippen LogP contribution is -2.52. The average molecular weight is 583 g/mol. The third kappa shape index (κ3) is 7.85. The molecule has 7 nitrogen and oxygen atoms in total. The SMILES string of the molecule is CNC(=O)[C@H](Cc1ccccc1)N(Cc1ccccc1Cl)C(=O)CN(c1cc(Cl)cc(Cl)c1)S(C)(=O)=O. The summed E-state index contributed by atoms with van der Waals surface area (Å²) in [5, 5.41) is 3.46. The molecule has 0 aliphatic heterocycles. The highest BCUT2D eigenvalue weighted by Crippen LogP contribution is 2.28. The molecule has 0 aliphatic rings. The van der Waals surface area contributed by atoms with Crippen molar-refractivity contribution >= 4 is 62.3 Å². The smallest absolute Gasteiger partial charge is 0.244 e. The van der Waals surface area contributed by atoms with Crippen LogP contribution < -0.4 is 9.62 Å². The van der Waals surface area contributed by atoms with Gasteiger partial charge in [-0.3, -0.25) is 13.9 Å². The van der Waals surface area contributed by atoms with Crippen molar-refractivity contribution in [3.8, 4) is 0 Å². The second-order valence-electron chi connectivity index (χ2n) is 8.33. The third-order valence-corrected chi connectivity index (χ3v) is 7.58. The molecule has 0 saturated carbocycles. The number of carbonyl (C=O) groups excluding carboxylic acids is 2. The van der Waals surface area contributed by atoms with Gasteiger partial charge in [-0.2, -0.15) is 0 Å². The Hall–Kier alpha value is -2.78. The number of rotatable bonds is 10. The third-order valence-electron chi connectivity index (χ3n) is 5.63. The van der Waals surface area contributed by atoms with Crippen LogP contribution >= 0.6 is 34.8 Å². The van der Waals surface area contributed by atoms with Gasteiger partial charge in [0, 0.05) is 35.1 Å². The van der Waals surface area contributed by atoms with Crippen LogP contribution in [0.1, 0.15) is 11.1 Å². The van der Waals surface area contributed by atoms with Crippen molar-refractivity contribution in [2.24, 2.45) is 0 Å². The maximum absolute atomic E-state index is 13.8. The first-order valence-corrected chi connectivity index (χ1v) is 14.2. The standard InChI is InChI=1S/C26H26Cl3N3O4S/c1-30-26(34)24(12-18-8-4-3-5-9-18)31(16-19-10-6-7-11-23(19)29)25(33)17-32(37(2,35)36)22-14-20(27)13-21(28)15-22/h3-11,13-15,24H,12,16-17H2,1-2H3,(H,30,34)/t24-/m0/s1. The van der Waals surface area contributed by atoms with Crippen LogP contribution in [-0.4, -0.2) is 51.0 Å². The normalized spacial score (nSPS) is 12.0. The number of likely N-dealkylation sites (N-methyl/N-ethyl adjacent to an activating group) is 1. The summed E-state index contributed by atoms with van der Waals surface area (Å²) in [4.78, 5) is 28.3. The highest BCUT2D eigenvalue weighted by Gasteiger charge is 2.33. The minimum Gasteiger partial charge on any atom is -0.357 e. The Balaban J connectivity index is 2.06. The number of hydrogen-bond acceptors (Lipinski definition) is 4. The Morgan fingerprint density at radius 1 is 0.919 bits per heavy atom. The maximum Gasteiger partial charge on any atom is 0.244 e. The van der Waals surface area contributed by atoms with Gasteiger partial charge in [-0.15, -0.1) is 0 Å². The van der Waals surface area contributed by atoms with Gasteiger partial charge in [-0.25, -0.2) is 8.42 Å². The lowest BCUT2D eigenvalue weighted by molar-refractivity contribution is -0.139. The average Bonchev–Trinajstić information content (AvgIpc) is 2.84. The summed E-state index contributed by atoms with van der Waals surface area (Å²) >= 11 is 18.6. The molecule has 196 valence electrons.